The van der Waals surface area contributed by atoms with Crippen LogP contribution in [0.25, 0.3) is 0 Å². The molecule has 0 heterocycles. The zero-order valence-corrected chi connectivity index (χ0v) is 67.1. The minimum atomic E-state index is -4.96. The molecule has 0 aromatic carbocycles. The number of unbranched alkanes of at least 4 members (excludes halogenated alkanes) is 53. The van der Waals surface area contributed by atoms with Crippen LogP contribution in [0, 0.1) is 5.92 Å². The molecule has 19 heteroatoms. The van der Waals surface area contributed by atoms with E-state index in [0.29, 0.717) is 25.7 Å². The van der Waals surface area contributed by atoms with E-state index in [9.17, 15) is 43.2 Å². The Morgan fingerprint density at radius 3 is 0.680 bits per heavy atom. The van der Waals surface area contributed by atoms with Crippen LogP contribution in [-0.4, -0.2) is 96.7 Å². The molecular weight excluding hydrogens is 1310 g/mol. The Bertz CT molecular complexity index is 1910. The van der Waals surface area contributed by atoms with Crippen LogP contribution in [0.1, 0.15) is 433 Å². The molecule has 0 radical (unpaired) electrons. The zero-order valence-electron chi connectivity index (χ0n) is 65.3. The summed E-state index contributed by atoms with van der Waals surface area (Å²) >= 11 is 0. The molecule has 0 aliphatic heterocycles. The lowest BCUT2D eigenvalue weighted by Crippen LogP contribution is -2.30. The number of hydrogen-bond acceptors (Lipinski definition) is 15. The van der Waals surface area contributed by atoms with Crippen molar-refractivity contribution in [2.24, 2.45) is 5.92 Å². The van der Waals surface area contributed by atoms with Crippen molar-refractivity contribution in [3.63, 3.8) is 0 Å². The largest absolute Gasteiger partial charge is 0.472 e. The average molecular weight is 1470 g/mol. The monoisotopic (exact) mass is 1470 g/mol. The van der Waals surface area contributed by atoms with E-state index in [4.69, 9.17) is 37.0 Å². The molecule has 2 unspecified atom stereocenters. The van der Waals surface area contributed by atoms with E-state index < -0.39 is 97.5 Å². The number of phosphoric acid groups is 2. The molecule has 0 aliphatic carbocycles. The number of esters is 4. The van der Waals surface area contributed by atoms with Gasteiger partial charge in [-0.25, -0.2) is 9.13 Å². The molecule has 0 saturated heterocycles. The van der Waals surface area contributed by atoms with Crippen molar-refractivity contribution in [3.8, 4) is 0 Å². The first kappa shape index (κ1) is 98.1. The SMILES string of the molecule is CCCCCCCCCCCCCCCCCCC(=O)OC[C@H](COP(=O)(O)OC[C@@H](O)COP(=O)(O)OC[C@@H](COC(=O)CCCCCCCCCCCCCC)OC(=O)CCCCCCCCCCCCCCCC)OC(=O)CCCCCCCCCCCCCCCCCC(C)C. The molecule has 0 aromatic heterocycles. The Morgan fingerprint density at radius 1 is 0.270 bits per heavy atom. The van der Waals surface area contributed by atoms with Gasteiger partial charge in [0.25, 0.3) is 0 Å². The predicted molar refractivity (Wildman–Crippen MR) is 409 cm³/mol. The van der Waals surface area contributed by atoms with E-state index in [1.807, 2.05) is 0 Å². The molecule has 0 spiro atoms. The van der Waals surface area contributed by atoms with Gasteiger partial charge in [-0.1, -0.05) is 381 Å². The fourth-order valence-corrected chi connectivity index (χ4v) is 14.2. The third-order valence-corrected chi connectivity index (χ3v) is 20.9. The standard InChI is InChI=1S/C81H158O17P2/c1-6-9-12-15-18-21-24-27-29-32-36-40-45-50-55-60-65-79(84)92-71-77(98-81(86)67-62-57-52-47-42-37-33-30-31-34-38-43-48-53-58-63-74(4)5)73-96-100(89,90)94-69-75(82)68-93-99(87,88)95-72-76(70-91-78(83)64-59-54-49-44-39-26-23-20-17-14-11-8-3)97-80(85)66-61-56-51-46-41-35-28-25-22-19-16-13-10-7-2/h74-77,82H,6-73H2,1-5H3,(H,87,88)(H,89,90)/t75-,76+,77+/m0/s1. The number of rotatable bonds is 81. The smallest absolute Gasteiger partial charge is 0.462 e. The summed E-state index contributed by atoms with van der Waals surface area (Å²) in [5.74, 6) is -1.30. The fourth-order valence-electron chi connectivity index (χ4n) is 12.6. The highest BCUT2D eigenvalue weighted by Crippen LogP contribution is 2.45. The quantitative estimate of drug-likeness (QED) is 0.0222. The van der Waals surface area contributed by atoms with Crippen LogP contribution in [0.5, 0.6) is 0 Å². The number of hydrogen-bond donors (Lipinski definition) is 3. The maximum Gasteiger partial charge on any atom is 0.472 e. The Hall–Kier alpha value is -1.94. The number of carbonyl (C=O) groups excluding carboxylic acids is 4. The number of phosphoric ester groups is 2. The molecule has 17 nitrogen and oxygen atoms in total. The highest BCUT2D eigenvalue weighted by Gasteiger charge is 2.30. The lowest BCUT2D eigenvalue weighted by molar-refractivity contribution is -0.161. The summed E-state index contributed by atoms with van der Waals surface area (Å²) in [6.07, 6.45) is 65.0. The lowest BCUT2D eigenvalue weighted by atomic mass is 10.0. The Kier molecular flexibility index (Phi) is 72.5. The number of ether oxygens (including phenoxy) is 4. The van der Waals surface area contributed by atoms with E-state index in [0.717, 1.165) is 95.8 Å². The number of aliphatic hydroxyl groups is 1. The minimum Gasteiger partial charge on any atom is -0.462 e. The van der Waals surface area contributed by atoms with Crippen LogP contribution in [0.4, 0.5) is 0 Å². The van der Waals surface area contributed by atoms with E-state index >= 15 is 0 Å². The molecule has 594 valence electrons. The molecule has 0 aromatic rings. The highest BCUT2D eigenvalue weighted by atomic mass is 31.2. The van der Waals surface area contributed by atoms with Gasteiger partial charge in [0.05, 0.1) is 26.4 Å². The summed E-state index contributed by atoms with van der Waals surface area (Å²) in [6.45, 7) is 7.37. The zero-order chi connectivity index (χ0) is 73.4. The van der Waals surface area contributed by atoms with E-state index in [1.54, 1.807) is 0 Å². The first-order valence-corrected chi connectivity index (χ1v) is 45.1. The van der Waals surface area contributed by atoms with Gasteiger partial charge in [0.15, 0.2) is 12.2 Å². The average Bonchev–Trinajstić information content (AvgIpc) is 0.994. The van der Waals surface area contributed by atoms with Gasteiger partial charge in [-0.15, -0.1) is 0 Å². The van der Waals surface area contributed by atoms with Crippen molar-refractivity contribution in [1.29, 1.82) is 0 Å². The van der Waals surface area contributed by atoms with Gasteiger partial charge < -0.3 is 33.8 Å². The van der Waals surface area contributed by atoms with Crippen molar-refractivity contribution in [3.05, 3.63) is 0 Å². The van der Waals surface area contributed by atoms with E-state index in [2.05, 4.69) is 34.6 Å². The highest BCUT2D eigenvalue weighted by molar-refractivity contribution is 7.47. The normalized spacial score (nSPS) is 13.8. The third-order valence-electron chi connectivity index (χ3n) is 19.0. The molecule has 0 rings (SSSR count). The summed E-state index contributed by atoms with van der Waals surface area (Å²) in [4.78, 5) is 73.1. The summed E-state index contributed by atoms with van der Waals surface area (Å²) in [5.41, 5.74) is 0. The number of aliphatic hydroxyl groups excluding tert-OH is 1. The first-order valence-electron chi connectivity index (χ1n) is 42.1. The van der Waals surface area contributed by atoms with E-state index in [1.165, 1.54) is 257 Å². The fraction of sp³-hybridized carbons (Fsp3) is 0.951. The van der Waals surface area contributed by atoms with Crippen LogP contribution >= 0.6 is 15.6 Å². The maximum absolute atomic E-state index is 13.1. The Labute approximate surface area is 613 Å². The van der Waals surface area contributed by atoms with Crippen molar-refractivity contribution in [1.82, 2.24) is 0 Å². The first-order chi connectivity index (χ1) is 48.5. The molecule has 0 aliphatic rings. The van der Waals surface area contributed by atoms with Crippen LogP contribution in [0.15, 0.2) is 0 Å². The third kappa shape index (κ3) is 74.3. The summed E-state index contributed by atoms with van der Waals surface area (Å²) in [5, 5.41) is 10.6. The van der Waals surface area contributed by atoms with Crippen molar-refractivity contribution >= 4 is 39.5 Å². The number of carbonyl (C=O) groups is 4. The summed E-state index contributed by atoms with van der Waals surface area (Å²) in [6, 6.07) is 0. The van der Waals surface area contributed by atoms with Crippen molar-refractivity contribution in [2.75, 3.05) is 39.6 Å². The molecular formula is C81H158O17P2. The van der Waals surface area contributed by atoms with Gasteiger partial charge in [0, 0.05) is 25.7 Å². The van der Waals surface area contributed by atoms with Gasteiger partial charge in [0.1, 0.15) is 19.3 Å². The minimum absolute atomic E-state index is 0.109. The van der Waals surface area contributed by atoms with Gasteiger partial charge in [0.2, 0.25) is 0 Å². The van der Waals surface area contributed by atoms with Gasteiger partial charge in [-0.3, -0.25) is 37.3 Å². The van der Waals surface area contributed by atoms with Crippen LogP contribution < -0.4 is 0 Å². The topological polar surface area (TPSA) is 237 Å². The lowest BCUT2D eigenvalue weighted by Gasteiger charge is -2.21. The molecule has 0 amide bonds. The van der Waals surface area contributed by atoms with Crippen LogP contribution in [0.3, 0.4) is 0 Å². The summed E-state index contributed by atoms with van der Waals surface area (Å²) in [7, 11) is -9.92. The molecule has 0 fully saturated rings. The van der Waals surface area contributed by atoms with Crippen LogP contribution in [-0.2, 0) is 65.4 Å². The molecule has 0 saturated carbocycles. The second-order valence-corrected chi connectivity index (χ2v) is 32.5. The Balaban J connectivity index is 5.26. The molecule has 5 atom stereocenters. The predicted octanol–water partition coefficient (Wildman–Crippen LogP) is 24.4. The molecule has 3 N–H and O–H groups in total. The maximum atomic E-state index is 13.1. The van der Waals surface area contributed by atoms with Crippen LogP contribution in [0.2, 0.25) is 0 Å². The second kappa shape index (κ2) is 73.9. The van der Waals surface area contributed by atoms with Crippen molar-refractivity contribution < 1.29 is 80.2 Å². The van der Waals surface area contributed by atoms with Gasteiger partial charge in [-0.2, -0.15) is 0 Å². The van der Waals surface area contributed by atoms with Gasteiger partial charge in [-0.05, 0) is 31.6 Å². The molecule has 100 heavy (non-hydrogen) atoms. The van der Waals surface area contributed by atoms with E-state index in [-0.39, 0.29) is 25.7 Å². The second-order valence-electron chi connectivity index (χ2n) is 29.6. The van der Waals surface area contributed by atoms with Gasteiger partial charge >= 0.3 is 39.5 Å². The molecule has 0 bridgehead atoms. The van der Waals surface area contributed by atoms with Crippen molar-refractivity contribution in [2.45, 2.75) is 451 Å². The Morgan fingerprint density at radius 2 is 0.460 bits per heavy atom. The summed E-state index contributed by atoms with van der Waals surface area (Å²) < 4.78 is 68.8.